The molecule has 4 aromatic rings. The highest BCUT2D eigenvalue weighted by Gasteiger charge is 2.37. The number of fused-ring (bicyclic) bond motifs is 3. The largest absolute Gasteiger partial charge is 0.378 e. The number of carbonyl (C=O) groups excluding carboxylic acids is 2. The van der Waals surface area contributed by atoms with E-state index in [1.807, 2.05) is 35.7 Å². The Hall–Kier alpha value is -3.40. The third-order valence-electron chi connectivity index (χ3n) is 7.40. The number of para-hydroxylation sites is 1. The molecule has 0 spiro atoms. The zero-order valence-corrected chi connectivity index (χ0v) is 19.7. The van der Waals surface area contributed by atoms with E-state index in [-0.39, 0.29) is 5.92 Å². The number of imide groups is 1. The second-order valence-corrected chi connectivity index (χ2v) is 10.2. The maximum absolute atomic E-state index is 13.2. The number of aromatic amines is 1. The minimum absolute atomic E-state index is 0.168. The molecule has 0 bridgehead atoms. The van der Waals surface area contributed by atoms with Crippen molar-refractivity contribution in [2.45, 2.75) is 24.8 Å². The zero-order valence-electron chi connectivity index (χ0n) is 18.9. The molecule has 0 aliphatic carbocycles. The number of ether oxygens (including phenoxy) is 1. The van der Waals surface area contributed by atoms with E-state index in [1.165, 1.54) is 0 Å². The molecule has 0 saturated carbocycles. The number of H-pyrrole nitrogens is 1. The van der Waals surface area contributed by atoms with Crippen molar-refractivity contribution in [3.8, 4) is 0 Å². The third-order valence-corrected chi connectivity index (χ3v) is 8.24. The summed E-state index contributed by atoms with van der Waals surface area (Å²) < 4.78 is 5.73. The van der Waals surface area contributed by atoms with E-state index in [0.717, 1.165) is 71.7 Å². The van der Waals surface area contributed by atoms with Crippen molar-refractivity contribution in [3.05, 3.63) is 59.0 Å². The molecular weight excluding hydrogens is 462 g/mol. The van der Waals surface area contributed by atoms with Crippen LogP contribution in [0.5, 0.6) is 0 Å². The number of piperidine rings is 1. The van der Waals surface area contributed by atoms with Crippen LogP contribution in [0, 0.1) is 0 Å². The highest BCUT2D eigenvalue weighted by atomic mass is 32.1. The number of amides is 2. The lowest BCUT2D eigenvalue weighted by atomic mass is 9.89. The molecule has 2 atom stereocenters. The molecule has 35 heavy (non-hydrogen) atoms. The number of thiophene rings is 1. The number of rotatable bonds is 3. The third kappa shape index (κ3) is 3.34. The first kappa shape index (κ1) is 20.9. The number of hydrogen-bond acceptors (Lipinski definition) is 7. The van der Waals surface area contributed by atoms with Gasteiger partial charge in [-0.2, -0.15) is 0 Å². The average Bonchev–Trinajstić information content (AvgIpc) is 3.58. The zero-order chi connectivity index (χ0) is 23.5. The molecule has 176 valence electrons. The van der Waals surface area contributed by atoms with Crippen molar-refractivity contribution in [2.75, 3.05) is 26.3 Å². The lowest BCUT2D eigenvalue weighted by Gasteiger charge is -2.41. The standard InChI is InChI=1S/C26H23N5O3S/c32-24-20(18-12-27-26-16(18)6-10-35-26)21(25(33)30-24)22-17-3-1-2-4-19(17)28-23(29-22)14-5-7-31-8-9-34-13-15(31)11-14/h1-4,6,10,12,14-15,27H,5,7-9,11,13H2,(H,30,32,33). The lowest BCUT2D eigenvalue weighted by Crippen LogP contribution is -2.49. The fourth-order valence-electron chi connectivity index (χ4n) is 5.66. The SMILES string of the molecule is O=C1NC(=O)C(c2c[nH]c3sccc23)=C1c1nc(C2CCN3CCOCC3C2)nc2ccccc12. The molecule has 8 nitrogen and oxygen atoms in total. The molecule has 3 aromatic heterocycles. The first-order chi connectivity index (χ1) is 17.2. The summed E-state index contributed by atoms with van der Waals surface area (Å²) >= 11 is 1.56. The van der Waals surface area contributed by atoms with Crippen molar-refractivity contribution >= 4 is 55.4 Å². The Morgan fingerprint density at radius 3 is 2.86 bits per heavy atom. The minimum Gasteiger partial charge on any atom is -0.378 e. The predicted octanol–water partition coefficient (Wildman–Crippen LogP) is 3.32. The summed E-state index contributed by atoms with van der Waals surface area (Å²) in [6.07, 6.45) is 3.68. The molecule has 0 radical (unpaired) electrons. The van der Waals surface area contributed by atoms with Crippen molar-refractivity contribution in [2.24, 2.45) is 0 Å². The minimum atomic E-state index is -0.417. The van der Waals surface area contributed by atoms with Gasteiger partial charge in [-0.1, -0.05) is 18.2 Å². The lowest BCUT2D eigenvalue weighted by molar-refractivity contribution is -0.122. The van der Waals surface area contributed by atoms with Crippen LogP contribution < -0.4 is 5.32 Å². The monoisotopic (exact) mass is 485 g/mol. The first-order valence-corrected chi connectivity index (χ1v) is 12.8. The molecule has 2 N–H and O–H groups in total. The van der Waals surface area contributed by atoms with Gasteiger partial charge in [0.05, 0.1) is 35.6 Å². The molecule has 3 aliphatic rings. The normalized spacial score (nSPS) is 23.3. The van der Waals surface area contributed by atoms with Crippen LogP contribution in [-0.4, -0.2) is 64.0 Å². The molecule has 1 aromatic carbocycles. The first-order valence-electron chi connectivity index (χ1n) is 11.9. The van der Waals surface area contributed by atoms with Crippen LogP contribution in [-0.2, 0) is 14.3 Å². The fourth-order valence-corrected chi connectivity index (χ4v) is 6.44. The van der Waals surface area contributed by atoms with Crippen LogP contribution in [0.1, 0.15) is 35.8 Å². The molecular formula is C26H23N5O3S. The summed E-state index contributed by atoms with van der Waals surface area (Å²) in [6, 6.07) is 10.1. The Morgan fingerprint density at radius 1 is 1.03 bits per heavy atom. The molecule has 2 amide bonds. The van der Waals surface area contributed by atoms with Gasteiger partial charge in [0.2, 0.25) is 0 Å². The second-order valence-electron chi connectivity index (χ2n) is 9.33. The van der Waals surface area contributed by atoms with Gasteiger partial charge in [-0.25, -0.2) is 9.97 Å². The van der Waals surface area contributed by atoms with Crippen LogP contribution in [0.2, 0.25) is 0 Å². The molecule has 9 heteroatoms. The van der Waals surface area contributed by atoms with Gasteiger partial charge in [0.1, 0.15) is 10.7 Å². The molecule has 3 aliphatic heterocycles. The number of benzene rings is 1. The molecule has 6 heterocycles. The van der Waals surface area contributed by atoms with E-state index in [9.17, 15) is 9.59 Å². The van der Waals surface area contributed by atoms with E-state index in [0.29, 0.717) is 22.9 Å². The van der Waals surface area contributed by atoms with Crippen LogP contribution >= 0.6 is 11.3 Å². The van der Waals surface area contributed by atoms with E-state index < -0.39 is 11.8 Å². The Morgan fingerprint density at radius 2 is 1.91 bits per heavy atom. The highest BCUT2D eigenvalue weighted by molar-refractivity contribution is 7.16. The maximum Gasteiger partial charge on any atom is 0.261 e. The van der Waals surface area contributed by atoms with Crippen LogP contribution in [0.25, 0.3) is 32.3 Å². The number of hydrogen-bond donors (Lipinski definition) is 2. The Balaban J connectivity index is 1.41. The van der Waals surface area contributed by atoms with E-state index in [4.69, 9.17) is 14.7 Å². The van der Waals surface area contributed by atoms with Gasteiger partial charge in [0.15, 0.2) is 0 Å². The Bertz CT molecular complexity index is 1540. The Labute approximate surface area is 205 Å². The summed E-state index contributed by atoms with van der Waals surface area (Å²) in [5, 5.41) is 6.18. The molecule has 2 saturated heterocycles. The fraction of sp³-hybridized carbons (Fsp3) is 0.308. The maximum atomic E-state index is 13.2. The van der Waals surface area contributed by atoms with Gasteiger partial charge in [-0.3, -0.25) is 19.8 Å². The van der Waals surface area contributed by atoms with Gasteiger partial charge in [0.25, 0.3) is 11.8 Å². The van der Waals surface area contributed by atoms with Crippen molar-refractivity contribution in [3.63, 3.8) is 0 Å². The van der Waals surface area contributed by atoms with Crippen molar-refractivity contribution in [1.82, 2.24) is 25.2 Å². The summed E-state index contributed by atoms with van der Waals surface area (Å²) in [5.74, 6) is 0.0907. The second kappa shape index (κ2) is 8.08. The smallest absolute Gasteiger partial charge is 0.261 e. The van der Waals surface area contributed by atoms with Gasteiger partial charge in [-0.05, 0) is 36.9 Å². The highest BCUT2D eigenvalue weighted by Crippen LogP contribution is 2.39. The summed E-state index contributed by atoms with van der Waals surface area (Å²) in [5.41, 5.74) is 2.71. The van der Waals surface area contributed by atoms with E-state index >= 15 is 0 Å². The average molecular weight is 486 g/mol. The van der Waals surface area contributed by atoms with Gasteiger partial charge in [0, 0.05) is 41.0 Å². The number of aromatic nitrogens is 3. The Kier molecular flexibility index (Phi) is 4.83. The number of morpholine rings is 1. The number of carbonyl (C=O) groups is 2. The number of nitrogens with one attached hydrogen (secondary N) is 2. The van der Waals surface area contributed by atoms with Gasteiger partial charge >= 0.3 is 0 Å². The summed E-state index contributed by atoms with van der Waals surface area (Å²) in [4.78, 5) is 42.9. The molecule has 2 unspecified atom stereocenters. The van der Waals surface area contributed by atoms with Gasteiger partial charge in [-0.15, -0.1) is 11.3 Å². The van der Waals surface area contributed by atoms with Crippen LogP contribution in [0.3, 0.4) is 0 Å². The van der Waals surface area contributed by atoms with Gasteiger partial charge < -0.3 is 9.72 Å². The molecule has 7 rings (SSSR count). The van der Waals surface area contributed by atoms with E-state index in [2.05, 4.69) is 15.2 Å². The van der Waals surface area contributed by atoms with Crippen LogP contribution in [0.15, 0.2) is 41.9 Å². The van der Waals surface area contributed by atoms with E-state index in [1.54, 1.807) is 17.5 Å². The molecule has 2 fully saturated rings. The van der Waals surface area contributed by atoms with Crippen molar-refractivity contribution < 1.29 is 14.3 Å². The quantitative estimate of drug-likeness (QED) is 0.432. The van der Waals surface area contributed by atoms with Crippen molar-refractivity contribution in [1.29, 1.82) is 0 Å². The summed E-state index contributed by atoms with van der Waals surface area (Å²) in [6.45, 7) is 3.46. The number of nitrogens with zero attached hydrogens (tertiary/aromatic N) is 3. The predicted molar refractivity (Wildman–Crippen MR) is 134 cm³/mol. The topological polar surface area (TPSA) is 100 Å². The summed E-state index contributed by atoms with van der Waals surface area (Å²) in [7, 11) is 0. The van der Waals surface area contributed by atoms with Crippen LogP contribution in [0.4, 0.5) is 0 Å².